The Hall–Kier alpha value is -7.16. The molecule has 0 radical (unpaired) electrons. The van der Waals surface area contributed by atoms with Gasteiger partial charge in [-0.3, -0.25) is 0 Å². The topological polar surface area (TPSA) is 16.4 Å². The van der Waals surface area contributed by atoms with Gasteiger partial charge in [0.1, 0.15) is 11.2 Å². The fourth-order valence-corrected chi connectivity index (χ4v) is 9.28. The van der Waals surface area contributed by atoms with Crippen LogP contribution in [0.5, 0.6) is 0 Å². The van der Waals surface area contributed by atoms with Crippen molar-refractivity contribution in [1.29, 1.82) is 0 Å². The van der Waals surface area contributed by atoms with Crippen LogP contribution in [-0.2, 0) is 5.41 Å². The van der Waals surface area contributed by atoms with Crippen LogP contribution >= 0.6 is 0 Å². The molecule has 1 aliphatic carbocycles. The quantitative estimate of drug-likeness (QED) is 0.169. The highest BCUT2D eigenvalue weighted by molar-refractivity contribution is 6.25. The van der Waals surface area contributed by atoms with Crippen LogP contribution in [0.15, 0.2) is 205 Å². The van der Waals surface area contributed by atoms with E-state index in [4.69, 9.17) is 4.42 Å². The maximum atomic E-state index is 6.67. The molecule has 0 fully saturated rings. The van der Waals surface area contributed by atoms with Crippen LogP contribution in [0, 0.1) is 0 Å². The fraction of sp³-hybridized carbons (Fsp3) is 0.0545. The van der Waals surface area contributed by atoms with Gasteiger partial charge in [0.25, 0.3) is 0 Å². The van der Waals surface area contributed by atoms with Crippen molar-refractivity contribution in [3.63, 3.8) is 0 Å². The summed E-state index contributed by atoms with van der Waals surface area (Å²) in [5, 5.41) is 4.72. The first-order valence-electron chi connectivity index (χ1n) is 19.8. The van der Waals surface area contributed by atoms with Crippen LogP contribution in [0.2, 0.25) is 0 Å². The molecule has 9 aromatic carbocycles. The Morgan fingerprint density at radius 1 is 0.351 bits per heavy atom. The van der Waals surface area contributed by atoms with E-state index in [-0.39, 0.29) is 5.41 Å². The van der Waals surface area contributed by atoms with E-state index in [1.54, 1.807) is 0 Å². The van der Waals surface area contributed by atoms with Crippen LogP contribution in [0.25, 0.3) is 77.2 Å². The van der Waals surface area contributed by atoms with Crippen molar-refractivity contribution >= 4 is 49.8 Å². The number of hydrogen-bond acceptors (Lipinski definition) is 2. The van der Waals surface area contributed by atoms with Crippen molar-refractivity contribution in [1.82, 2.24) is 0 Å². The molecule has 57 heavy (non-hydrogen) atoms. The van der Waals surface area contributed by atoms with Gasteiger partial charge in [-0.05, 0) is 115 Å². The molecule has 0 spiro atoms. The zero-order chi connectivity index (χ0) is 38.1. The normalized spacial score (nSPS) is 12.9. The summed E-state index contributed by atoms with van der Waals surface area (Å²) in [4.78, 5) is 2.39. The van der Waals surface area contributed by atoms with E-state index in [2.05, 4.69) is 219 Å². The molecule has 0 N–H and O–H groups in total. The lowest BCUT2D eigenvalue weighted by Crippen LogP contribution is -2.16. The summed E-state index contributed by atoms with van der Waals surface area (Å²) < 4.78 is 6.67. The summed E-state index contributed by atoms with van der Waals surface area (Å²) in [6, 6.07) is 72.4. The standard InChI is InChI=1S/C55H39NO/c1-55(2)49-22-12-11-19-45(49)46-33-32-42(34-50(46)55)56(40-28-24-37(25-29-40)36-14-5-3-6-15-36)41-30-26-39(27-31-41)43-21-13-23-51-53(43)54-47-20-10-9-18-44(47)48(35-52(54)57-51)38-16-7-4-8-17-38/h3-35H,1-2H3. The Balaban J connectivity index is 1.05. The first kappa shape index (κ1) is 33.2. The van der Waals surface area contributed by atoms with Gasteiger partial charge in [-0.15, -0.1) is 0 Å². The number of hydrogen-bond donors (Lipinski definition) is 0. The zero-order valence-corrected chi connectivity index (χ0v) is 31.9. The Morgan fingerprint density at radius 2 is 0.895 bits per heavy atom. The molecule has 1 aromatic heterocycles. The van der Waals surface area contributed by atoms with Gasteiger partial charge >= 0.3 is 0 Å². The van der Waals surface area contributed by atoms with Gasteiger partial charge in [0.2, 0.25) is 0 Å². The van der Waals surface area contributed by atoms with Gasteiger partial charge in [-0.25, -0.2) is 0 Å². The smallest absolute Gasteiger partial charge is 0.136 e. The second kappa shape index (κ2) is 13.0. The molecule has 0 saturated carbocycles. The third-order valence-electron chi connectivity index (χ3n) is 12.1. The molecular weight excluding hydrogens is 691 g/mol. The number of rotatable bonds is 6. The molecule has 0 bridgehead atoms. The molecule has 0 aliphatic heterocycles. The van der Waals surface area contributed by atoms with Gasteiger partial charge in [0.15, 0.2) is 0 Å². The average Bonchev–Trinajstić information content (AvgIpc) is 3.76. The van der Waals surface area contributed by atoms with E-state index < -0.39 is 0 Å². The van der Waals surface area contributed by atoms with E-state index >= 15 is 0 Å². The lowest BCUT2D eigenvalue weighted by Gasteiger charge is -2.28. The van der Waals surface area contributed by atoms with Crippen LogP contribution in [0.4, 0.5) is 17.1 Å². The predicted molar refractivity (Wildman–Crippen MR) is 240 cm³/mol. The second-order valence-electron chi connectivity index (χ2n) is 15.7. The number of anilines is 3. The van der Waals surface area contributed by atoms with E-state index in [1.807, 2.05) is 0 Å². The highest BCUT2D eigenvalue weighted by atomic mass is 16.3. The minimum atomic E-state index is -0.104. The van der Waals surface area contributed by atoms with Crippen molar-refractivity contribution in [2.24, 2.45) is 0 Å². The minimum Gasteiger partial charge on any atom is -0.456 e. The van der Waals surface area contributed by atoms with Crippen molar-refractivity contribution in [2.75, 3.05) is 4.90 Å². The number of fused-ring (bicyclic) bond motifs is 8. The lowest BCUT2D eigenvalue weighted by molar-refractivity contribution is 0.660. The second-order valence-corrected chi connectivity index (χ2v) is 15.7. The maximum Gasteiger partial charge on any atom is 0.136 e. The van der Waals surface area contributed by atoms with Gasteiger partial charge in [-0.2, -0.15) is 0 Å². The first-order chi connectivity index (χ1) is 28.0. The molecule has 1 aliphatic rings. The Kier molecular flexibility index (Phi) is 7.55. The first-order valence-corrected chi connectivity index (χ1v) is 19.8. The van der Waals surface area contributed by atoms with Crippen molar-refractivity contribution in [3.8, 4) is 44.5 Å². The summed E-state index contributed by atoms with van der Waals surface area (Å²) in [6.45, 7) is 4.70. The summed E-state index contributed by atoms with van der Waals surface area (Å²) in [5.41, 5.74) is 17.5. The Labute approximate surface area is 332 Å². The zero-order valence-electron chi connectivity index (χ0n) is 31.9. The molecule has 11 rings (SSSR count). The Morgan fingerprint density at radius 3 is 1.63 bits per heavy atom. The fourth-order valence-electron chi connectivity index (χ4n) is 9.28. The molecule has 1 heterocycles. The molecule has 0 atom stereocenters. The largest absolute Gasteiger partial charge is 0.456 e. The van der Waals surface area contributed by atoms with Crippen LogP contribution < -0.4 is 4.90 Å². The minimum absolute atomic E-state index is 0.104. The van der Waals surface area contributed by atoms with Gasteiger partial charge in [0.05, 0.1) is 0 Å². The van der Waals surface area contributed by atoms with Crippen molar-refractivity contribution in [2.45, 2.75) is 19.3 Å². The molecule has 2 heteroatoms. The molecule has 10 aromatic rings. The van der Waals surface area contributed by atoms with Crippen molar-refractivity contribution < 1.29 is 4.42 Å². The summed E-state index contributed by atoms with van der Waals surface area (Å²) in [5.74, 6) is 0. The van der Waals surface area contributed by atoms with Crippen LogP contribution in [0.1, 0.15) is 25.0 Å². The van der Waals surface area contributed by atoms with E-state index in [0.717, 1.165) is 50.1 Å². The maximum absolute atomic E-state index is 6.67. The molecule has 2 nitrogen and oxygen atoms in total. The molecular formula is C55H39NO. The number of furan rings is 1. The SMILES string of the molecule is CC1(C)c2ccccc2-c2ccc(N(c3ccc(-c4ccccc4)cc3)c3ccc(-c4cccc5oc6cc(-c7ccccc7)c7ccccc7c6c45)cc3)cc21. The van der Waals surface area contributed by atoms with E-state index in [9.17, 15) is 0 Å². The summed E-state index contributed by atoms with van der Waals surface area (Å²) in [6.07, 6.45) is 0. The van der Waals surface area contributed by atoms with Gasteiger partial charge in [0, 0.05) is 33.2 Å². The monoisotopic (exact) mass is 729 g/mol. The lowest BCUT2D eigenvalue weighted by atomic mass is 9.82. The van der Waals surface area contributed by atoms with Crippen LogP contribution in [-0.4, -0.2) is 0 Å². The van der Waals surface area contributed by atoms with Gasteiger partial charge < -0.3 is 9.32 Å². The van der Waals surface area contributed by atoms with Crippen molar-refractivity contribution in [3.05, 3.63) is 211 Å². The number of nitrogens with zero attached hydrogens (tertiary/aromatic N) is 1. The molecule has 0 amide bonds. The molecule has 270 valence electrons. The van der Waals surface area contributed by atoms with Crippen LogP contribution in [0.3, 0.4) is 0 Å². The third kappa shape index (κ3) is 5.33. The average molecular weight is 730 g/mol. The van der Waals surface area contributed by atoms with E-state index in [1.165, 1.54) is 55.3 Å². The summed E-state index contributed by atoms with van der Waals surface area (Å²) in [7, 11) is 0. The molecule has 0 unspecified atom stereocenters. The highest BCUT2D eigenvalue weighted by Crippen LogP contribution is 2.51. The van der Waals surface area contributed by atoms with E-state index in [0.29, 0.717) is 0 Å². The number of benzene rings is 9. The third-order valence-corrected chi connectivity index (χ3v) is 12.1. The van der Waals surface area contributed by atoms with Gasteiger partial charge in [-0.1, -0.05) is 166 Å². The summed E-state index contributed by atoms with van der Waals surface area (Å²) >= 11 is 0. The predicted octanol–water partition coefficient (Wildman–Crippen LogP) is 15.5. The Bertz CT molecular complexity index is 3120. The highest BCUT2D eigenvalue weighted by Gasteiger charge is 2.35. The molecule has 0 saturated heterocycles.